The maximum absolute atomic E-state index is 10.8. The predicted molar refractivity (Wildman–Crippen MR) is 112 cm³/mol. The van der Waals surface area contributed by atoms with Crippen molar-refractivity contribution in [2.24, 2.45) is 0 Å². The number of aromatic hydroxyl groups is 1. The van der Waals surface area contributed by atoms with Gasteiger partial charge in [-0.15, -0.1) is 0 Å². The van der Waals surface area contributed by atoms with Crippen molar-refractivity contribution in [3.63, 3.8) is 0 Å². The van der Waals surface area contributed by atoms with E-state index >= 15 is 0 Å². The van der Waals surface area contributed by atoms with Gasteiger partial charge in [-0.2, -0.15) is 0 Å². The van der Waals surface area contributed by atoms with Gasteiger partial charge in [0, 0.05) is 12.0 Å². The lowest BCUT2D eigenvalue weighted by Crippen LogP contribution is -2.12. The summed E-state index contributed by atoms with van der Waals surface area (Å²) in [4.78, 5) is 0. The fourth-order valence-corrected chi connectivity index (χ4v) is 4.56. The minimum absolute atomic E-state index is 0.455. The number of hydrogen-bond acceptors (Lipinski definition) is 1. The summed E-state index contributed by atoms with van der Waals surface area (Å²) >= 11 is 0. The summed E-state index contributed by atoms with van der Waals surface area (Å²) in [5, 5.41) is 10.8. The standard InChI is InChI=1S/C26H28O/c27-25-17-16-23(18-20-10-4-1-5-11-20)26(22-14-8-3-9-15-22)24(25)19-21-12-6-2-7-13-21/h1-2,4-7,10-13,16-17,22,27H,3,8-9,14-15,18-19H2. The van der Waals surface area contributed by atoms with Gasteiger partial charge in [-0.3, -0.25) is 0 Å². The van der Waals surface area contributed by atoms with Gasteiger partial charge in [-0.05, 0) is 53.5 Å². The van der Waals surface area contributed by atoms with Crippen LogP contribution in [0, 0.1) is 0 Å². The topological polar surface area (TPSA) is 20.2 Å². The minimum atomic E-state index is 0.455. The molecule has 138 valence electrons. The molecule has 0 atom stereocenters. The molecule has 0 radical (unpaired) electrons. The molecule has 1 aliphatic carbocycles. The van der Waals surface area contributed by atoms with Crippen LogP contribution in [0.3, 0.4) is 0 Å². The maximum Gasteiger partial charge on any atom is 0.119 e. The molecule has 3 aromatic carbocycles. The van der Waals surface area contributed by atoms with Gasteiger partial charge in [0.15, 0.2) is 0 Å². The van der Waals surface area contributed by atoms with Crippen LogP contribution in [0.15, 0.2) is 72.8 Å². The van der Waals surface area contributed by atoms with Gasteiger partial charge in [0.25, 0.3) is 0 Å². The van der Waals surface area contributed by atoms with E-state index in [0.717, 1.165) is 18.4 Å². The third-order valence-electron chi connectivity index (χ3n) is 5.90. The van der Waals surface area contributed by atoms with Crippen molar-refractivity contribution in [3.8, 4) is 5.75 Å². The van der Waals surface area contributed by atoms with E-state index in [1.54, 1.807) is 0 Å². The number of rotatable bonds is 5. The molecule has 0 heterocycles. The van der Waals surface area contributed by atoms with Crippen molar-refractivity contribution in [1.82, 2.24) is 0 Å². The Morgan fingerprint density at radius 1 is 0.667 bits per heavy atom. The Hall–Kier alpha value is -2.54. The summed E-state index contributed by atoms with van der Waals surface area (Å²) < 4.78 is 0. The second-order valence-electron chi connectivity index (χ2n) is 7.80. The number of benzene rings is 3. The van der Waals surface area contributed by atoms with Gasteiger partial charge in [-0.25, -0.2) is 0 Å². The molecule has 0 unspecified atom stereocenters. The van der Waals surface area contributed by atoms with Crippen LogP contribution in [0.1, 0.15) is 65.8 Å². The molecule has 0 spiro atoms. The van der Waals surface area contributed by atoms with Crippen molar-refractivity contribution in [3.05, 3.63) is 101 Å². The van der Waals surface area contributed by atoms with Gasteiger partial charge in [-0.1, -0.05) is 86.0 Å². The molecule has 1 aliphatic rings. The largest absolute Gasteiger partial charge is 0.508 e. The molecule has 0 aromatic heterocycles. The molecule has 1 heteroatoms. The molecule has 1 saturated carbocycles. The Kier molecular flexibility index (Phi) is 5.58. The molecule has 0 amide bonds. The lowest BCUT2D eigenvalue weighted by molar-refractivity contribution is 0.432. The van der Waals surface area contributed by atoms with Gasteiger partial charge < -0.3 is 5.11 Å². The van der Waals surface area contributed by atoms with Gasteiger partial charge in [0.1, 0.15) is 5.75 Å². The quantitative estimate of drug-likeness (QED) is 0.544. The zero-order valence-corrected chi connectivity index (χ0v) is 15.9. The highest BCUT2D eigenvalue weighted by atomic mass is 16.3. The molecular formula is C26H28O. The van der Waals surface area contributed by atoms with Crippen LogP contribution in [0.2, 0.25) is 0 Å². The third-order valence-corrected chi connectivity index (χ3v) is 5.90. The Labute approximate surface area is 162 Å². The average molecular weight is 357 g/mol. The highest BCUT2D eigenvalue weighted by molar-refractivity contribution is 5.50. The highest BCUT2D eigenvalue weighted by Crippen LogP contribution is 2.40. The number of phenolic OH excluding ortho intramolecular Hbond substituents is 1. The van der Waals surface area contributed by atoms with E-state index in [-0.39, 0.29) is 0 Å². The summed E-state index contributed by atoms with van der Waals surface area (Å²) in [5.74, 6) is 1.03. The molecule has 1 N–H and O–H groups in total. The van der Waals surface area contributed by atoms with Crippen molar-refractivity contribution in [2.45, 2.75) is 50.9 Å². The van der Waals surface area contributed by atoms with Crippen LogP contribution in [0.4, 0.5) is 0 Å². The van der Waals surface area contributed by atoms with Gasteiger partial charge in [0.2, 0.25) is 0 Å². The lowest BCUT2D eigenvalue weighted by Gasteiger charge is -2.28. The van der Waals surface area contributed by atoms with E-state index in [9.17, 15) is 5.11 Å². The van der Waals surface area contributed by atoms with E-state index in [0.29, 0.717) is 11.7 Å². The fourth-order valence-electron chi connectivity index (χ4n) is 4.56. The Bertz CT molecular complexity index is 861. The van der Waals surface area contributed by atoms with Crippen molar-refractivity contribution in [1.29, 1.82) is 0 Å². The SMILES string of the molecule is Oc1ccc(Cc2ccccc2)c(C2CCCCC2)c1Cc1ccccc1. The van der Waals surface area contributed by atoms with Gasteiger partial charge >= 0.3 is 0 Å². The molecule has 1 nitrogen and oxygen atoms in total. The maximum atomic E-state index is 10.8. The molecule has 1 fully saturated rings. The molecule has 3 aromatic rings. The van der Waals surface area contributed by atoms with E-state index < -0.39 is 0 Å². The lowest BCUT2D eigenvalue weighted by atomic mass is 9.77. The van der Waals surface area contributed by atoms with Crippen LogP contribution in [-0.4, -0.2) is 5.11 Å². The minimum Gasteiger partial charge on any atom is -0.508 e. The van der Waals surface area contributed by atoms with Gasteiger partial charge in [0.05, 0.1) is 0 Å². The van der Waals surface area contributed by atoms with E-state index in [4.69, 9.17) is 0 Å². The molecule has 0 aliphatic heterocycles. The summed E-state index contributed by atoms with van der Waals surface area (Å²) in [6.07, 6.45) is 8.18. The van der Waals surface area contributed by atoms with Crippen LogP contribution in [-0.2, 0) is 12.8 Å². The first-order chi connectivity index (χ1) is 13.3. The van der Waals surface area contributed by atoms with Crippen molar-refractivity contribution in [2.75, 3.05) is 0 Å². The Balaban J connectivity index is 1.76. The summed E-state index contributed by atoms with van der Waals surface area (Å²) in [7, 11) is 0. The van der Waals surface area contributed by atoms with Crippen molar-refractivity contribution < 1.29 is 5.11 Å². The van der Waals surface area contributed by atoms with E-state index in [1.165, 1.54) is 54.4 Å². The molecule has 0 saturated heterocycles. The number of hydrogen-bond donors (Lipinski definition) is 1. The van der Waals surface area contributed by atoms with Crippen molar-refractivity contribution >= 4 is 0 Å². The number of phenols is 1. The first kappa shape index (κ1) is 17.9. The summed E-state index contributed by atoms with van der Waals surface area (Å²) in [6.45, 7) is 0. The van der Waals surface area contributed by atoms with E-state index in [1.807, 2.05) is 6.07 Å². The molecule has 0 bridgehead atoms. The summed E-state index contributed by atoms with van der Waals surface area (Å²) in [5.41, 5.74) is 6.55. The molecular weight excluding hydrogens is 328 g/mol. The molecule has 27 heavy (non-hydrogen) atoms. The zero-order valence-electron chi connectivity index (χ0n) is 15.9. The smallest absolute Gasteiger partial charge is 0.119 e. The summed E-state index contributed by atoms with van der Waals surface area (Å²) in [6, 6.07) is 25.3. The Morgan fingerprint density at radius 2 is 1.26 bits per heavy atom. The zero-order chi connectivity index (χ0) is 18.5. The Morgan fingerprint density at radius 3 is 1.89 bits per heavy atom. The average Bonchev–Trinajstić information content (AvgIpc) is 2.73. The van der Waals surface area contributed by atoms with E-state index in [2.05, 4.69) is 66.7 Å². The van der Waals surface area contributed by atoms with Crippen LogP contribution in [0.25, 0.3) is 0 Å². The van der Waals surface area contributed by atoms with Crippen LogP contribution in [0.5, 0.6) is 5.75 Å². The monoisotopic (exact) mass is 356 g/mol. The highest BCUT2D eigenvalue weighted by Gasteiger charge is 2.23. The second kappa shape index (κ2) is 8.43. The van der Waals surface area contributed by atoms with Crippen LogP contribution < -0.4 is 0 Å². The second-order valence-corrected chi connectivity index (χ2v) is 7.80. The normalized spacial score (nSPS) is 15.0. The first-order valence-corrected chi connectivity index (χ1v) is 10.2. The third kappa shape index (κ3) is 4.24. The first-order valence-electron chi connectivity index (χ1n) is 10.2. The predicted octanol–water partition coefficient (Wildman–Crippen LogP) is 6.62. The van der Waals surface area contributed by atoms with Crippen LogP contribution >= 0.6 is 0 Å². The molecule has 4 rings (SSSR count). The fraction of sp³-hybridized carbons (Fsp3) is 0.308.